The fourth-order valence-corrected chi connectivity index (χ4v) is 5.18. The molecule has 0 bridgehead atoms. The van der Waals surface area contributed by atoms with Gasteiger partial charge >= 0.3 is 12.0 Å². The van der Waals surface area contributed by atoms with Crippen molar-refractivity contribution >= 4 is 34.3 Å². The van der Waals surface area contributed by atoms with Gasteiger partial charge in [-0.05, 0) is 25.7 Å². The minimum Gasteiger partial charge on any atom is -0.469 e. The number of methoxy groups -OCH3 is 1. The SMILES string of the molecule is COC(=O)CCC(=O)c1cnc(NC(=O)N(C2CCCCC2)C2CCCCC2)s1. The number of esters is 1. The number of carbonyl (C=O) groups is 3. The van der Waals surface area contributed by atoms with E-state index < -0.39 is 5.97 Å². The number of aromatic nitrogens is 1. The molecule has 0 aromatic carbocycles. The molecule has 2 fully saturated rings. The Morgan fingerprint density at radius 2 is 1.62 bits per heavy atom. The third kappa shape index (κ3) is 6.01. The monoisotopic (exact) mass is 421 g/mol. The molecular weight excluding hydrogens is 390 g/mol. The Hall–Kier alpha value is -1.96. The lowest BCUT2D eigenvalue weighted by molar-refractivity contribution is -0.140. The lowest BCUT2D eigenvalue weighted by atomic mass is 9.89. The number of rotatable bonds is 7. The standard InChI is InChI=1S/C21H31N3O4S/c1-28-19(26)13-12-17(25)18-14-22-20(29-18)23-21(27)24(15-8-4-2-5-9-15)16-10-6-3-7-11-16/h14-16H,2-13H2,1H3,(H,22,23,27). The molecule has 1 heterocycles. The van der Waals surface area contributed by atoms with E-state index >= 15 is 0 Å². The summed E-state index contributed by atoms with van der Waals surface area (Å²) in [6.07, 6.45) is 13.1. The zero-order valence-electron chi connectivity index (χ0n) is 17.2. The van der Waals surface area contributed by atoms with Gasteiger partial charge in [-0.1, -0.05) is 49.9 Å². The Labute approximate surface area is 176 Å². The Morgan fingerprint density at radius 1 is 1.03 bits per heavy atom. The number of ether oxygens (including phenoxy) is 1. The van der Waals surface area contributed by atoms with Crippen molar-refractivity contribution in [3.63, 3.8) is 0 Å². The van der Waals surface area contributed by atoms with Gasteiger partial charge in [-0.2, -0.15) is 0 Å². The van der Waals surface area contributed by atoms with E-state index in [9.17, 15) is 14.4 Å². The van der Waals surface area contributed by atoms with Crippen molar-refractivity contribution in [1.29, 1.82) is 0 Å². The summed E-state index contributed by atoms with van der Waals surface area (Å²) in [5.41, 5.74) is 0. The van der Waals surface area contributed by atoms with Crippen molar-refractivity contribution in [2.75, 3.05) is 12.4 Å². The zero-order valence-corrected chi connectivity index (χ0v) is 18.0. The summed E-state index contributed by atoms with van der Waals surface area (Å²) in [4.78, 5) is 43.4. The van der Waals surface area contributed by atoms with Crippen molar-refractivity contribution in [3.8, 4) is 0 Å². The first kappa shape index (κ1) is 21.7. The average Bonchev–Trinajstić information content (AvgIpc) is 3.22. The normalized spacial score (nSPS) is 18.2. The van der Waals surface area contributed by atoms with E-state index in [0.29, 0.717) is 22.1 Å². The fraction of sp³-hybridized carbons (Fsp3) is 0.714. The number of nitrogens with one attached hydrogen (secondary N) is 1. The molecule has 2 aliphatic carbocycles. The van der Waals surface area contributed by atoms with Crippen LogP contribution in [-0.4, -0.2) is 46.9 Å². The lowest BCUT2D eigenvalue weighted by Crippen LogP contribution is -2.50. The molecule has 1 aromatic heterocycles. The van der Waals surface area contributed by atoms with Crippen molar-refractivity contribution in [2.24, 2.45) is 0 Å². The molecule has 0 atom stereocenters. The number of ketones is 1. The van der Waals surface area contributed by atoms with E-state index in [0.717, 1.165) is 25.7 Å². The van der Waals surface area contributed by atoms with Crippen LogP contribution < -0.4 is 5.32 Å². The quantitative estimate of drug-likeness (QED) is 0.506. The highest BCUT2D eigenvalue weighted by Gasteiger charge is 2.33. The van der Waals surface area contributed by atoms with E-state index in [1.54, 1.807) is 0 Å². The van der Waals surface area contributed by atoms with Gasteiger partial charge in [0.25, 0.3) is 0 Å². The Bertz CT molecular complexity index is 691. The first-order chi connectivity index (χ1) is 14.1. The number of amides is 2. The van der Waals surface area contributed by atoms with Gasteiger partial charge in [0.1, 0.15) is 0 Å². The van der Waals surface area contributed by atoms with E-state index in [1.807, 2.05) is 0 Å². The number of hydrogen-bond acceptors (Lipinski definition) is 6. The molecular formula is C21H31N3O4S. The molecule has 1 N–H and O–H groups in total. The molecule has 0 spiro atoms. The molecule has 160 valence electrons. The van der Waals surface area contributed by atoms with Crippen LogP contribution in [0.5, 0.6) is 0 Å². The summed E-state index contributed by atoms with van der Waals surface area (Å²) < 4.78 is 4.57. The molecule has 0 aliphatic heterocycles. The first-order valence-electron chi connectivity index (χ1n) is 10.7. The second-order valence-electron chi connectivity index (χ2n) is 7.95. The van der Waals surface area contributed by atoms with Crippen molar-refractivity contribution in [3.05, 3.63) is 11.1 Å². The van der Waals surface area contributed by atoms with Gasteiger partial charge < -0.3 is 9.64 Å². The van der Waals surface area contributed by atoms with Gasteiger partial charge in [0.05, 0.1) is 24.6 Å². The van der Waals surface area contributed by atoms with Crippen LogP contribution in [0.4, 0.5) is 9.93 Å². The third-order valence-corrected chi connectivity index (χ3v) is 6.90. The number of Topliss-reactive ketones (excluding diaryl/α,β-unsaturated/α-hetero) is 1. The molecule has 29 heavy (non-hydrogen) atoms. The summed E-state index contributed by atoms with van der Waals surface area (Å²) in [6.45, 7) is 0. The summed E-state index contributed by atoms with van der Waals surface area (Å²) in [6, 6.07) is 0.507. The number of thiazole rings is 1. The zero-order chi connectivity index (χ0) is 20.6. The van der Waals surface area contributed by atoms with Crippen LogP contribution in [0, 0.1) is 0 Å². The van der Waals surface area contributed by atoms with E-state index in [1.165, 1.54) is 63.2 Å². The van der Waals surface area contributed by atoms with Gasteiger partial charge in [-0.15, -0.1) is 0 Å². The lowest BCUT2D eigenvalue weighted by Gasteiger charge is -2.41. The topological polar surface area (TPSA) is 88.6 Å². The summed E-state index contributed by atoms with van der Waals surface area (Å²) in [7, 11) is 1.30. The Morgan fingerprint density at radius 3 is 2.17 bits per heavy atom. The minimum absolute atomic E-state index is 0.0477. The van der Waals surface area contributed by atoms with E-state index in [4.69, 9.17) is 0 Å². The number of carbonyl (C=O) groups excluding carboxylic acids is 3. The molecule has 1 aromatic rings. The maximum atomic E-state index is 13.2. The predicted octanol–water partition coefficient (Wildman–Crippen LogP) is 4.78. The third-order valence-electron chi connectivity index (χ3n) is 5.95. The van der Waals surface area contributed by atoms with Crippen LogP contribution in [0.25, 0.3) is 0 Å². The van der Waals surface area contributed by atoms with Gasteiger partial charge in [-0.25, -0.2) is 9.78 Å². The summed E-state index contributed by atoms with van der Waals surface area (Å²) in [5.74, 6) is -0.572. The maximum Gasteiger partial charge on any atom is 0.324 e. The Kier molecular flexibility index (Phi) is 8.03. The minimum atomic E-state index is -0.410. The van der Waals surface area contributed by atoms with Gasteiger partial charge in [0, 0.05) is 18.5 Å². The molecule has 2 amide bonds. The molecule has 0 saturated heterocycles. The smallest absolute Gasteiger partial charge is 0.324 e. The van der Waals surface area contributed by atoms with Crippen LogP contribution in [0.3, 0.4) is 0 Å². The highest BCUT2D eigenvalue weighted by molar-refractivity contribution is 7.17. The molecule has 3 rings (SSSR count). The van der Waals surface area contributed by atoms with Gasteiger partial charge in [-0.3, -0.25) is 14.9 Å². The summed E-state index contributed by atoms with van der Waals surface area (Å²) in [5, 5.41) is 3.38. The van der Waals surface area contributed by atoms with Gasteiger partial charge in [0.15, 0.2) is 10.9 Å². The van der Waals surface area contributed by atoms with E-state index in [2.05, 4.69) is 19.9 Å². The Balaban J connectivity index is 1.63. The largest absolute Gasteiger partial charge is 0.469 e. The van der Waals surface area contributed by atoms with E-state index in [-0.39, 0.29) is 24.7 Å². The number of urea groups is 1. The molecule has 2 aliphatic rings. The van der Waals surface area contributed by atoms with Crippen LogP contribution in [-0.2, 0) is 9.53 Å². The molecule has 0 radical (unpaired) electrons. The molecule has 8 heteroatoms. The first-order valence-corrected chi connectivity index (χ1v) is 11.6. The predicted molar refractivity (Wildman–Crippen MR) is 112 cm³/mol. The van der Waals surface area contributed by atoms with Crippen LogP contribution in [0.2, 0.25) is 0 Å². The number of nitrogens with zero attached hydrogens (tertiary/aromatic N) is 2. The van der Waals surface area contributed by atoms with Gasteiger partial charge in [0.2, 0.25) is 0 Å². The van der Waals surface area contributed by atoms with Crippen LogP contribution >= 0.6 is 11.3 Å². The second-order valence-corrected chi connectivity index (χ2v) is 8.98. The molecule has 0 unspecified atom stereocenters. The van der Waals surface area contributed by atoms with Crippen molar-refractivity contribution < 1.29 is 19.1 Å². The summed E-state index contributed by atoms with van der Waals surface area (Å²) >= 11 is 1.17. The van der Waals surface area contributed by atoms with Crippen molar-refractivity contribution in [1.82, 2.24) is 9.88 Å². The average molecular weight is 422 g/mol. The maximum absolute atomic E-state index is 13.2. The van der Waals surface area contributed by atoms with Crippen LogP contribution in [0.1, 0.15) is 86.7 Å². The highest BCUT2D eigenvalue weighted by atomic mass is 32.1. The molecule has 2 saturated carbocycles. The fourth-order valence-electron chi connectivity index (χ4n) is 4.41. The van der Waals surface area contributed by atoms with Crippen LogP contribution in [0.15, 0.2) is 6.20 Å². The molecule has 7 nitrogen and oxygen atoms in total. The van der Waals surface area contributed by atoms with Crippen molar-refractivity contribution in [2.45, 2.75) is 89.1 Å². The highest BCUT2D eigenvalue weighted by Crippen LogP contribution is 2.31. The second kappa shape index (κ2) is 10.7. The number of hydrogen-bond donors (Lipinski definition) is 1. The number of anilines is 1.